The summed E-state index contributed by atoms with van der Waals surface area (Å²) in [6.45, 7) is 7.56. The van der Waals surface area contributed by atoms with E-state index < -0.39 is 13.2 Å². The van der Waals surface area contributed by atoms with Gasteiger partial charge in [-0.2, -0.15) is 0 Å². The molecule has 0 spiro atoms. The minimum atomic E-state index is -2.09. The molecule has 263 valence electrons. The molecule has 5 aromatic carbocycles. The quantitative estimate of drug-likeness (QED) is 0.143. The zero-order valence-corrected chi connectivity index (χ0v) is 32.0. The molecule has 52 heavy (non-hydrogen) atoms. The number of nitrogens with zero attached hydrogens (tertiary/aromatic N) is 3. The molecule has 0 aliphatic rings. The molecule has 4 nitrogen and oxygen atoms in total. The van der Waals surface area contributed by atoms with E-state index >= 15 is 0 Å². The molecule has 5 heteroatoms. The molecule has 0 fully saturated rings. The third kappa shape index (κ3) is 8.02. The zero-order valence-electron chi connectivity index (χ0n) is 34.6. The van der Waals surface area contributed by atoms with E-state index in [-0.39, 0.29) is 25.7 Å². The average molecular weight is 863 g/mol. The van der Waals surface area contributed by atoms with E-state index in [1.54, 1.807) is 24.3 Å². The van der Waals surface area contributed by atoms with Crippen LogP contribution in [0.15, 0.2) is 138 Å². The maximum absolute atomic E-state index is 8.92. The second-order valence-corrected chi connectivity index (χ2v) is 13.2. The summed E-state index contributed by atoms with van der Waals surface area (Å²) >= 11 is 0. The van der Waals surface area contributed by atoms with Crippen LogP contribution in [0.25, 0.3) is 44.6 Å². The predicted molar refractivity (Wildman–Crippen MR) is 210 cm³/mol. The molecule has 3 heterocycles. The summed E-state index contributed by atoms with van der Waals surface area (Å²) < 4.78 is 47.7. The van der Waals surface area contributed by atoms with Crippen molar-refractivity contribution in [1.82, 2.24) is 14.5 Å². The molecule has 3 aromatic heterocycles. The van der Waals surface area contributed by atoms with Crippen LogP contribution in [0.2, 0.25) is 0 Å². The number of aromatic nitrogens is 3. The molecule has 0 atom stereocenters. The Morgan fingerprint density at radius 1 is 0.788 bits per heavy atom. The number of para-hydroxylation sites is 2. The Labute approximate surface area is 328 Å². The van der Waals surface area contributed by atoms with E-state index in [0.717, 1.165) is 39.1 Å². The monoisotopic (exact) mass is 863 g/mol. The van der Waals surface area contributed by atoms with Gasteiger partial charge in [0.15, 0.2) is 0 Å². The van der Waals surface area contributed by atoms with E-state index in [1.807, 2.05) is 78.9 Å². The van der Waals surface area contributed by atoms with Crippen LogP contribution in [0.3, 0.4) is 0 Å². The van der Waals surface area contributed by atoms with Gasteiger partial charge in [-0.1, -0.05) is 135 Å². The predicted octanol–water partition coefficient (Wildman–Crippen LogP) is 12.0. The van der Waals surface area contributed by atoms with E-state index in [9.17, 15) is 0 Å². The number of benzene rings is 5. The molecule has 8 rings (SSSR count). The number of fused-ring (bicyclic) bond motifs is 2. The van der Waals surface area contributed by atoms with Gasteiger partial charge in [0.1, 0.15) is 0 Å². The van der Waals surface area contributed by atoms with Gasteiger partial charge in [0, 0.05) is 51.5 Å². The van der Waals surface area contributed by atoms with Gasteiger partial charge in [0.25, 0.3) is 0 Å². The van der Waals surface area contributed by atoms with Gasteiger partial charge < -0.3 is 14.0 Å². The molecule has 0 amide bonds. The first kappa shape index (κ1) is 30.5. The van der Waals surface area contributed by atoms with Crippen LogP contribution >= 0.6 is 0 Å². The van der Waals surface area contributed by atoms with Crippen LogP contribution in [0.5, 0.6) is 0 Å². The molecule has 0 saturated heterocycles. The van der Waals surface area contributed by atoms with Gasteiger partial charge >= 0.3 is 0 Å². The number of aryl methyl sites for hydroxylation is 1. The fourth-order valence-electron chi connectivity index (χ4n) is 6.49. The Morgan fingerprint density at radius 3 is 2.23 bits per heavy atom. The maximum Gasteiger partial charge on any atom is 0.0770 e. The van der Waals surface area contributed by atoms with E-state index in [0.29, 0.717) is 35.1 Å². The van der Waals surface area contributed by atoms with Crippen molar-refractivity contribution >= 4 is 22.0 Å². The molecular formula is C47H43IrN3O-2. The van der Waals surface area contributed by atoms with Crippen molar-refractivity contribution in [3.8, 4) is 22.6 Å². The van der Waals surface area contributed by atoms with Gasteiger partial charge in [0.05, 0.1) is 16.9 Å². The van der Waals surface area contributed by atoms with Gasteiger partial charge in [-0.05, 0) is 70.7 Å². The molecule has 0 N–H and O–H groups in total. The van der Waals surface area contributed by atoms with Crippen LogP contribution in [-0.2, 0) is 33.0 Å². The minimum absolute atomic E-state index is 0. The third-order valence-electron chi connectivity index (χ3n) is 9.01. The Kier molecular flexibility index (Phi) is 9.69. The summed E-state index contributed by atoms with van der Waals surface area (Å²) in [5.41, 5.74) is 10.4. The Hall–Kier alpha value is -5.09. The summed E-state index contributed by atoms with van der Waals surface area (Å²) in [5.74, 6) is 1.54. The Bertz CT molecular complexity index is 2550. The first-order chi connectivity index (χ1) is 26.8. The summed E-state index contributed by atoms with van der Waals surface area (Å²) in [6.07, 6.45) is 2.86. The standard InChI is InChI=1S/C35H33N2O.C12H10N.Ir/c1-23(2)27-13-10-14-28(24(3)4)30(27)21-37-33-16-9-8-15-32(33)36-35(37)31-22-38-34-18-17-26(20-29(31)34)19-25-11-6-5-7-12-25;1-10-7-8-12(13-9-10)11-5-3-2-4-6-11;/h5-18,20,23-24H,19,21H2,1-4H3;2-5,7-9H,1H3;/q2*-1;/i19D2;1D3;. The summed E-state index contributed by atoms with van der Waals surface area (Å²) in [6, 6.07) is 43.4. The van der Waals surface area contributed by atoms with Crippen LogP contribution in [0.4, 0.5) is 0 Å². The van der Waals surface area contributed by atoms with Crippen molar-refractivity contribution in [2.45, 2.75) is 59.3 Å². The topological polar surface area (TPSA) is 43.9 Å². The van der Waals surface area contributed by atoms with E-state index in [2.05, 4.69) is 73.8 Å². The number of furan rings is 1. The van der Waals surface area contributed by atoms with Gasteiger partial charge in [-0.15, -0.1) is 35.9 Å². The first-order valence-electron chi connectivity index (χ1n) is 19.8. The van der Waals surface area contributed by atoms with Crippen LogP contribution in [-0.4, -0.2) is 14.5 Å². The maximum atomic E-state index is 8.92. The van der Waals surface area contributed by atoms with Crippen LogP contribution < -0.4 is 0 Å². The van der Waals surface area contributed by atoms with E-state index in [1.165, 1.54) is 22.9 Å². The fourth-order valence-corrected chi connectivity index (χ4v) is 6.49. The minimum Gasteiger partial charge on any atom is -0.557 e. The normalized spacial score (nSPS) is 13.1. The fraction of sp³-hybridized carbons (Fsp3) is 0.191. The van der Waals surface area contributed by atoms with Gasteiger partial charge in [0.2, 0.25) is 0 Å². The van der Waals surface area contributed by atoms with Gasteiger partial charge in [-0.3, -0.25) is 4.98 Å². The molecule has 0 unspecified atom stereocenters. The largest absolute Gasteiger partial charge is 0.557 e. The molecule has 1 radical (unpaired) electrons. The number of hydrogen-bond donors (Lipinski definition) is 0. The molecule has 0 saturated carbocycles. The summed E-state index contributed by atoms with van der Waals surface area (Å²) in [5, 5.41) is 0.801. The number of pyridine rings is 1. The SMILES string of the molecule is [2H]C([2H])([2H])c1ccc(-c2[c-]cccc2)nc1.[2H]C([2H])(c1ccccc1)c1ccc2o[c-]c(-c3nc4ccccc4n3Cc3c(C(C)C)cccc3C(C)C)c2c1.[Ir]. The molecular weight excluding hydrogens is 815 g/mol. The van der Waals surface area contributed by atoms with Crippen molar-refractivity contribution in [2.24, 2.45) is 0 Å². The van der Waals surface area contributed by atoms with E-state index in [4.69, 9.17) is 16.3 Å². The third-order valence-corrected chi connectivity index (χ3v) is 9.01. The number of hydrogen-bond acceptors (Lipinski definition) is 3. The number of rotatable bonds is 8. The Morgan fingerprint density at radius 2 is 1.54 bits per heavy atom. The molecule has 0 bridgehead atoms. The summed E-state index contributed by atoms with van der Waals surface area (Å²) in [7, 11) is 0. The number of imidazole rings is 1. The van der Waals surface area contributed by atoms with Crippen molar-refractivity contribution in [3.05, 3.63) is 179 Å². The van der Waals surface area contributed by atoms with Crippen molar-refractivity contribution in [2.75, 3.05) is 0 Å². The molecule has 8 aromatic rings. The van der Waals surface area contributed by atoms with Crippen molar-refractivity contribution in [3.63, 3.8) is 0 Å². The zero-order chi connectivity index (χ0) is 39.6. The first-order valence-corrected chi connectivity index (χ1v) is 17.3. The average Bonchev–Trinajstić information content (AvgIpc) is 3.79. The summed E-state index contributed by atoms with van der Waals surface area (Å²) in [4.78, 5) is 9.20. The smallest absolute Gasteiger partial charge is 0.0770 e. The second kappa shape index (κ2) is 16.5. The van der Waals surface area contributed by atoms with Crippen LogP contribution in [0, 0.1) is 19.2 Å². The molecule has 0 aliphatic carbocycles. The van der Waals surface area contributed by atoms with Crippen molar-refractivity contribution < 1.29 is 31.4 Å². The molecule has 0 aliphatic heterocycles. The Balaban J connectivity index is 0.000000271. The van der Waals surface area contributed by atoms with Crippen molar-refractivity contribution in [1.29, 1.82) is 0 Å². The second-order valence-electron chi connectivity index (χ2n) is 13.2. The van der Waals surface area contributed by atoms with Gasteiger partial charge in [-0.25, -0.2) is 0 Å². The van der Waals surface area contributed by atoms with Crippen LogP contribution in [0.1, 0.15) is 79.8 Å².